The van der Waals surface area contributed by atoms with Crippen LogP contribution in [0.5, 0.6) is 5.75 Å². The highest BCUT2D eigenvalue weighted by molar-refractivity contribution is 8.16. The molecular weight excluding hydrogens is 358 g/mol. The second kappa shape index (κ2) is 9.97. The predicted molar refractivity (Wildman–Crippen MR) is 103 cm³/mol. The molecule has 0 aliphatic carbocycles. The highest BCUT2D eigenvalue weighted by atomic mass is 32.2. The van der Waals surface area contributed by atoms with Crippen LogP contribution in [0, 0.1) is 5.92 Å². The topological polar surface area (TPSA) is 66.8 Å². The van der Waals surface area contributed by atoms with Crippen LogP contribution < -0.4 is 4.74 Å². The maximum absolute atomic E-state index is 12.2. The van der Waals surface area contributed by atoms with Gasteiger partial charge in [-0.25, -0.2) is 0 Å². The summed E-state index contributed by atoms with van der Waals surface area (Å²) in [5.74, 6) is 1.90. The second-order valence-corrected chi connectivity index (χ2v) is 9.07. The minimum absolute atomic E-state index is 0.147. The molecule has 25 heavy (non-hydrogen) atoms. The first-order valence-corrected chi connectivity index (χ1v) is 10.5. The molecule has 0 spiro atoms. The van der Waals surface area contributed by atoms with Crippen LogP contribution in [0.4, 0.5) is 0 Å². The quantitative estimate of drug-likeness (QED) is 0.741. The molecule has 5 nitrogen and oxygen atoms in total. The van der Waals surface area contributed by atoms with Gasteiger partial charge in [-0.15, -0.1) is 23.5 Å². The molecule has 1 aromatic carbocycles. The normalized spacial score (nSPS) is 15.2. The van der Waals surface area contributed by atoms with Crippen molar-refractivity contribution in [3.63, 3.8) is 0 Å². The van der Waals surface area contributed by atoms with Gasteiger partial charge in [-0.1, -0.05) is 26.0 Å². The van der Waals surface area contributed by atoms with Gasteiger partial charge in [-0.3, -0.25) is 9.59 Å². The number of carbonyl (C=O) groups is 2. The van der Waals surface area contributed by atoms with E-state index in [0.29, 0.717) is 16.9 Å². The van der Waals surface area contributed by atoms with E-state index in [0.717, 1.165) is 0 Å². The zero-order chi connectivity index (χ0) is 18.2. The molecule has 1 aromatic rings. The van der Waals surface area contributed by atoms with Gasteiger partial charge in [-0.2, -0.15) is 0 Å². The first-order chi connectivity index (χ1) is 12.0. The van der Waals surface area contributed by atoms with Crippen molar-refractivity contribution in [2.45, 2.75) is 24.9 Å². The molecule has 2 rings (SSSR count). The zero-order valence-electron chi connectivity index (χ0n) is 14.6. The average molecular weight is 384 g/mol. The standard InChI is InChI=1S/C18H25NO4S2/c1-13(2)10-19(11-17(21)22)16(20)12-23-15-6-4-14(5-7-15)18-24-8-3-9-25-18/h4-7,13,18H,3,8-12H2,1-2H3,(H,21,22). The maximum atomic E-state index is 12.2. The smallest absolute Gasteiger partial charge is 0.323 e. The number of amides is 1. The number of thioether (sulfide) groups is 2. The Morgan fingerprint density at radius 3 is 2.44 bits per heavy atom. The van der Waals surface area contributed by atoms with E-state index in [2.05, 4.69) is 0 Å². The van der Waals surface area contributed by atoms with Gasteiger partial charge in [0.2, 0.25) is 0 Å². The minimum atomic E-state index is -1.01. The van der Waals surface area contributed by atoms with Crippen LogP contribution in [0.15, 0.2) is 24.3 Å². The summed E-state index contributed by atoms with van der Waals surface area (Å²) in [6.07, 6.45) is 1.26. The summed E-state index contributed by atoms with van der Waals surface area (Å²) < 4.78 is 6.03. The fraction of sp³-hybridized carbons (Fsp3) is 0.556. The first-order valence-electron chi connectivity index (χ1n) is 8.41. The van der Waals surface area contributed by atoms with Crippen LogP contribution in [-0.4, -0.2) is 53.1 Å². The Bertz CT molecular complexity index is 571. The number of carboxylic acid groups (broad SMARTS) is 1. The lowest BCUT2D eigenvalue weighted by molar-refractivity contribution is -0.145. The van der Waals surface area contributed by atoms with Gasteiger partial charge in [0, 0.05) is 6.54 Å². The third-order valence-corrected chi connectivity index (χ3v) is 6.62. The van der Waals surface area contributed by atoms with Crippen LogP contribution in [0.2, 0.25) is 0 Å². The van der Waals surface area contributed by atoms with Crippen molar-refractivity contribution < 1.29 is 19.4 Å². The van der Waals surface area contributed by atoms with Crippen LogP contribution >= 0.6 is 23.5 Å². The third kappa shape index (κ3) is 6.82. The Labute approximate surface area is 157 Å². The van der Waals surface area contributed by atoms with Crippen molar-refractivity contribution in [3.05, 3.63) is 29.8 Å². The molecule has 0 unspecified atom stereocenters. The summed E-state index contributed by atoms with van der Waals surface area (Å²) in [6, 6.07) is 7.84. The number of hydrogen-bond acceptors (Lipinski definition) is 5. The summed E-state index contributed by atoms with van der Waals surface area (Å²) >= 11 is 3.92. The summed E-state index contributed by atoms with van der Waals surface area (Å²) in [5, 5.41) is 8.95. The van der Waals surface area contributed by atoms with E-state index in [1.165, 1.54) is 28.4 Å². The van der Waals surface area contributed by atoms with Gasteiger partial charge in [0.05, 0.1) is 4.58 Å². The minimum Gasteiger partial charge on any atom is -0.484 e. The highest BCUT2D eigenvalue weighted by Gasteiger charge is 2.19. The molecule has 1 saturated heterocycles. The Kier molecular flexibility index (Phi) is 7.96. The molecule has 1 fully saturated rings. The lowest BCUT2D eigenvalue weighted by Crippen LogP contribution is -2.40. The van der Waals surface area contributed by atoms with Crippen molar-refractivity contribution >= 4 is 35.4 Å². The number of ether oxygens (including phenoxy) is 1. The molecule has 1 amide bonds. The number of hydrogen-bond donors (Lipinski definition) is 1. The van der Waals surface area contributed by atoms with E-state index in [4.69, 9.17) is 9.84 Å². The monoisotopic (exact) mass is 383 g/mol. The average Bonchev–Trinajstić information content (AvgIpc) is 2.59. The van der Waals surface area contributed by atoms with E-state index in [1.807, 2.05) is 61.6 Å². The molecular formula is C18H25NO4S2. The Morgan fingerprint density at radius 1 is 1.24 bits per heavy atom. The molecule has 1 aliphatic rings. The Hall–Kier alpha value is -1.34. The number of carboxylic acids is 1. The van der Waals surface area contributed by atoms with Crippen LogP contribution in [-0.2, 0) is 9.59 Å². The van der Waals surface area contributed by atoms with Crippen LogP contribution in [0.3, 0.4) is 0 Å². The fourth-order valence-corrected chi connectivity index (χ4v) is 5.39. The van der Waals surface area contributed by atoms with Crippen LogP contribution in [0.25, 0.3) is 0 Å². The molecule has 1 heterocycles. The number of carbonyl (C=O) groups excluding carboxylic acids is 1. The molecule has 0 atom stereocenters. The fourth-order valence-electron chi connectivity index (χ4n) is 2.50. The SMILES string of the molecule is CC(C)CN(CC(=O)O)C(=O)COc1ccc(C2SCCCS2)cc1. The number of nitrogens with zero attached hydrogens (tertiary/aromatic N) is 1. The second-order valence-electron chi connectivity index (χ2n) is 6.35. The molecule has 1 N–H and O–H groups in total. The van der Waals surface area contributed by atoms with Crippen LogP contribution in [0.1, 0.15) is 30.4 Å². The predicted octanol–water partition coefficient (Wildman–Crippen LogP) is 3.50. The Morgan fingerprint density at radius 2 is 1.88 bits per heavy atom. The van der Waals surface area contributed by atoms with E-state index in [1.54, 1.807) is 0 Å². The van der Waals surface area contributed by atoms with Gasteiger partial charge in [0.1, 0.15) is 12.3 Å². The molecule has 0 radical (unpaired) electrons. The van der Waals surface area contributed by atoms with Gasteiger partial charge >= 0.3 is 5.97 Å². The number of aliphatic carboxylic acids is 1. The summed E-state index contributed by atoms with van der Waals surface area (Å²) in [7, 11) is 0. The molecule has 0 saturated carbocycles. The van der Waals surface area contributed by atoms with Crippen molar-refractivity contribution in [1.82, 2.24) is 4.90 Å². The van der Waals surface area contributed by atoms with E-state index in [-0.39, 0.29) is 25.0 Å². The summed E-state index contributed by atoms with van der Waals surface area (Å²) in [4.78, 5) is 24.5. The number of rotatable bonds is 8. The Balaban J connectivity index is 1.88. The lowest BCUT2D eigenvalue weighted by Gasteiger charge is -2.23. The van der Waals surface area contributed by atoms with Crippen molar-refractivity contribution in [2.24, 2.45) is 5.92 Å². The van der Waals surface area contributed by atoms with E-state index < -0.39 is 5.97 Å². The summed E-state index contributed by atoms with van der Waals surface area (Å²) in [6.45, 7) is 3.86. The van der Waals surface area contributed by atoms with Crippen molar-refractivity contribution in [3.8, 4) is 5.75 Å². The largest absolute Gasteiger partial charge is 0.484 e. The van der Waals surface area contributed by atoms with Gasteiger partial charge in [0.15, 0.2) is 6.61 Å². The molecule has 7 heteroatoms. The third-order valence-electron chi connectivity index (χ3n) is 3.61. The van der Waals surface area contributed by atoms with Gasteiger partial charge in [0.25, 0.3) is 5.91 Å². The first kappa shape index (κ1) is 20.0. The van der Waals surface area contributed by atoms with E-state index >= 15 is 0 Å². The van der Waals surface area contributed by atoms with E-state index in [9.17, 15) is 9.59 Å². The number of benzene rings is 1. The van der Waals surface area contributed by atoms with Crippen molar-refractivity contribution in [1.29, 1.82) is 0 Å². The maximum Gasteiger partial charge on any atom is 0.323 e. The lowest BCUT2D eigenvalue weighted by atomic mass is 10.2. The molecule has 138 valence electrons. The highest BCUT2D eigenvalue weighted by Crippen LogP contribution is 2.43. The van der Waals surface area contributed by atoms with Crippen molar-refractivity contribution in [2.75, 3.05) is 31.2 Å². The molecule has 1 aliphatic heterocycles. The van der Waals surface area contributed by atoms with Gasteiger partial charge < -0.3 is 14.7 Å². The zero-order valence-corrected chi connectivity index (χ0v) is 16.3. The van der Waals surface area contributed by atoms with Gasteiger partial charge in [-0.05, 0) is 41.5 Å². The molecule has 0 bridgehead atoms. The molecule has 0 aromatic heterocycles. The summed E-state index contributed by atoms with van der Waals surface area (Å²) in [5.41, 5.74) is 1.26.